The minimum atomic E-state index is -0.306. The molecular formula is C10H12FN3. The van der Waals surface area contributed by atoms with Crippen molar-refractivity contribution in [3.63, 3.8) is 0 Å². The van der Waals surface area contributed by atoms with Crippen molar-refractivity contribution < 1.29 is 4.39 Å². The Morgan fingerprint density at radius 3 is 3.14 bits per heavy atom. The second-order valence-corrected chi connectivity index (χ2v) is 3.23. The first kappa shape index (κ1) is 9.15. The topological polar surface area (TPSA) is 40.7 Å². The van der Waals surface area contributed by atoms with E-state index in [9.17, 15) is 4.39 Å². The van der Waals surface area contributed by atoms with Gasteiger partial charge in [-0.25, -0.2) is 4.39 Å². The van der Waals surface area contributed by atoms with Gasteiger partial charge in [0.05, 0.1) is 17.2 Å². The first-order chi connectivity index (χ1) is 6.79. The fraction of sp³-hybridized carbons (Fsp3) is 0.300. The highest BCUT2D eigenvalue weighted by molar-refractivity contribution is 5.75. The van der Waals surface area contributed by atoms with Crippen LogP contribution < -0.4 is 5.32 Å². The van der Waals surface area contributed by atoms with E-state index in [4.69, 9.17) is 0 Å². The largest absolute Gasteiger partial charge is 0.357 e. The van der Waals surface area contributed by atoms with Crippen molar-refractivity contribution in [2.75, 3.05) is 13.6 Å². The zero-order valence-corrected chi connectivity index (χ0v) is 7.97. The summed E-state index contributed by atoms with van der Waals surface area (Å²) in [5.74, 6) is -0.306. The summed E-state index contributed by atoms with van der Waals surface area (Å²) in [4.78, 5) is 7.11. The van der Waals surface area contributed by atoms with E-state index in [2.05, 4.69) is 15.3 Å². The van der Waals surface area contributed by atoms with E-state index in [-0.39, 0.29) is 5.82 Å². The minimum absolute atomic E-state index is 0.306. The van der Waals surface area contributed by atoms with Crippen LogP contribution in [0.4, 0.5) is 4.39 Å². The summed E-state index contributed by atoms with van der Waals surface area (Å²) >= 11 is 0. The highest BCUT2D eigenvalue weighted by Crippen LogP contribution is 2.13. The molecule has 4 heteroatoms. The molecule has 3 nitrogen and oxygen atoms in total. The third-order valence-corrected chi connectivity index (χ3v) is 2.14. The molecule has 0 atom stereocenters. The number of fused-ring (bicyclic) bond motifs is 1. The van der Waals surface area contributed by atoms with E-state index in [1.165, 1.54) is 12.3 Å². The lowest BCUT2D eigenvalue weighted by molar-refractivity contribution is 0.624. The number of nitrogens with zero attached hydrogens (tertiary/aromatic N) is 1. The van der Waals surface area contributed by atoms with Gasteiger partial charge in [0.2, 0.25) is 0 Å². The minimum Gasteiger partial charge on any atom is -0.357 e. The molecule has 0 aliphatic carbocycles. The zero-order chi connectivity index (χ0) is 9.97. The van der Waals surface area contributed by atoms with E-state index in [0.717, 1.165) is 29.7 Å². The van der Waals surface area contributed by atoms with Gasteiger partial charge in [-0.15, -0.1) is 0 Å². The molecule has 2 N–H and O–H groups in total. The lowest BCUT2D eigenvalue weighted by Crippen LogP contribution is -2.10. The fourth-order valence-electron chi connectivity index (χ4n) is 1.43. The van der Waals surface area contributed by atoms with E-state index in [1.54, 1.807) is 0 Å². The summed E-state index contributed by atoms with van der Waals surface area (Å²) < 4.78 is 12.8. The van der Waals surface area contributed by atoms with Crippen molar-refractivity contribution in [2.45, 2.75) is 6.42 Å². The van der Waals surface area contributed by atoms with E-state index < -0.39 is 0 Å². The number of hydrogen-bond acceptors (Lipinski definition) is 2. The first-order valence-corrected chi connectivity index (χ1v) is 4.57. The first-order valence-electron chi connectivity index (χ1n) is 4.57. The van der Waals surface area contributed by atoms with Gasteiger partial charge in [-0.1, -0.05) is 0 Å². The van der Waals surface area contributed by atoms with Crippen LogP contribution in [0.5, 0.6) is 0 Å². The van der Waals surface area contributed by atoms with Gasteiger partial charge in [-0.05, 0) is 13.1 Å². The van der Waals surface area contributed by atoms with Crippen LogP contribution in [0.2, 0.25) is 0 Å². The number of likely N-dealkylation sites (N-methyl/N-ethyl adjacent to an activating group) is 1. The number of nitrogens with one attached hydrogen (secondary N) is 2. The van der Waals surface area contributed by atoms with Crippen LogP contribution in [0.1, 0.15) is 5.69 Å². The SMILES string of the molecule is CNCCc1cc2ncc(F)cc2[nH]1. The van der Waals surface area contributed by atoms with Gasteiger partial charge < -0.3 is 10.3 Å². The summed E-state index contributed by atoms with van der Waals surface area (Å²) in [5, 5.41) is 3.06. The van der Waals surface area contributed by atoms with Gasteiger partial charge in [0.15, 0.2) is 0 Å². The molecule has 14 heavy (non-hydrogen) atoms. The van der Waals surface area contributed by atoms with Gasteiger partial charge >= 0.3 is 0 Å². The van der Waals surface area contributed by atoms with Crippen LogP contribution in [-0.4, -0.2) is 23.6 Å². The number of rotatable bonds is 3. The molecule has 2 heterocycles. The molecule has 0 aliphatic heterocycles. The van der Waals surface area contributed by atoms with Gasteiger partial charge in [0.1, 0.15) is 5.82 Å². The van der Waals surface area contributed by atoms with E-state index >= 15 is 0 Å². The Morgan fingerprint density at radius 1 is 1.50 bits per heavy atom. The van der Waals surface area contributed by atoms with E-state index in [1.807, 2.05) is 13.1 Å². The highest BCUT2D eigenvalue weighted by Gasteiger charge is 2.02. The third kappa shape index (κ3) is 1.75. The molecule has 74 valence electrons. The van der Waals surface area contributed by atoms with Gasteiger partial charge in [-0.3, -0.25) is 4.98 Å². The number of halogens is 1. The number of aromatic nitrogens is 2. The summed E-state index contributed by atoms with van der Waals surface area (Å²) in [5.41, 5.74) is 2.65. The molecule has 2 aromatic rings. The monoisotopic (exact) mass is 193 g/mol. The van der Waals surface area contributed by atoms with Gasteiger partial charge in [-0.2, -0.15) is 0 Å². The summed E-state index contributed by atoms with van der Waals surface area (Å²) in [6.45, 7) is 0.898. The molecular weight excluding hydrogens is 181 g/mol. The molecule has 0 aliphatic rings. The Balaban J connectivity index is 2.32. The molecule has 0 unspecified atom stereocenters. The molecule has 0 aromatic carbocycles. The molecule has 0 radical (unpaired) electrons. The van der Waals surface area contributed by atoms with Crippen LogP contribution >= 0.6 is 0 Å². The Hall–Kier alpha value is -1.42. The lowest BCUT2D eigenvalue weighted by Gasteiger charge is -1.94. The average molecular weight is 193 g/mol. The van der Waals surface area contributed by atoms with Crippen molar-refractivity contribution in [1.82, 2.24) is 15.3 Å². The fourth-order valence-corrected chi connectivity index (χ4v) is 1.43. The number of aromatic amines is 1. The molecule has 2 aromatic heterocycles. The average Bonchev–Trinajstić information content (AvgIpc) is 2.56. The number of hydrogen-bond donors (Lipinski definition) is 2. The molecule has 0 fully saturated rings. The smallest absolute Gasteiger partial charge is 0.143 e. The second-order valence-electron chi connectivity index (χ2n) is 3.23. The summed E-state index contributed by atoms with van der Waals surface area (Å²) in [7, 11) is 1.90. The molecule has 0 bridgehead atoms. The second kappa shape index (κ2) is 3.75. The quantitative estimate of drug-likeness (QED) is 0.774. The van der Waals surface area contributed by atoms with Crippen LogP contribution in [0.3, 0.4) is 0 Å². The maximum atomic E-state index is 12.8. The molecule has 0 saturated carbocycles. The predicted octanol–water partition coefficient (Wildman–Crippen LogP) is 1.46. The summed E-state index contributed by atoms with van der Waals surface area (Å²) in [6.07, 6.45) is 2.13. The van der Waals surface area contributed by atoms with Crippen molar-refractivity contribution in [3.8, 4) is 0 Å². The Kier molecular flexibility index (Phi) is 2.45. The predicted molar refractivity (Wildman–Crippen MR) is 53.7 cm³/mol. The normalized spacial score (nSPS) is 11.0. The van der Waals surface area contributed by atoms with Crippen molar-refractivity contribution in [3.05, 3.63) is 29.8 Å². The Morgan fingerprint density at radius 2 is 2.36 bits per heavy atom. The summed E-state index contributed by atoms with van der Waals surface area (Å²) in [6, 6.07) is 3.41. The van der Waals surface area contributed by atoms with Crippen LogP contribution in [0.25, 0.3) is 11.0 Å². The van der Waals surface area contributed by atoms with Crippen molar-refractivity contribution >= 4 is 11.0 Å². The molecule has 0 saturated heterocycles. The van der Waals surface area contributed by atoms with Crippen molar-refractivity contribution in [1.29, 1.82) is 0 Å². The maximum Gasteiger partial charge on any atom is 0.143 e. The van der Waals surface area contributed by atoms with E-state index in [0.29, 0.717) is 0 Å². The van der Waals surface area contributed by atoms with Gasteiger partial charge in [0, 0.05) is 24.7 Å². The Bertz CT molecular complexity index is 436. The van der Waals surface area contributed by atoms with Crippen LogP contribution in [-0.2, 0) is 6.42 Å². The van der Waals surface area contributed by atoms with Crippen LogP contribution in [0, 0.1) is 5.82 Å². The molecule has 0 spiro atoms. The van der Waals surface area contributed by atoms with Crippen molar-refractivity contribution in [2.24, 2.45) is 0 Å². The Labute approximate surface area is 81.4 Å². The number of pyridine rings is 1. The molecule has 0 amide bonds. The maximum absolute atomic E-state index is 12.8. The lowest BCUT2D eigenvalue weighted by atomic mass is 10.3. The zero-order valence-electron chi connectivity index (χ0n) is 7.97. The number of H-pyrrole nitrogens is 1. The third-order valence-electron chi connectivity index (χ3n) is 2.14. The van der Waals surface area contributed by atoms with Gasteiger partial charge in [0.25, 0.3) is 0 Å². The van der Waals surface area contributed by atoms with Crippen LogP contribution in [0.15, 0.2) is 18.3 Å². The highest BCUT2D eigenvalue weighted by atomic mass is 19.1. The standard InChI is InChI=1S/C10H12FN3/c1-12-3-2-8-5-9-10(14-8)4-7(11)6-13-9/h4-6,12,14H,2-3H2,1H3. The molecule has 2 rings (SSSR count).